The summed E-state index contributed by atoms with van der Waals surface area (Å²) in [5.74, 6) is 2.53. The molecule has 6 rings (SSSR count). The molecule has 1 N–H and O–H groups in total. The average Bonchev–Trinajstić information content (AvgIpc) is 2.56. The maximum atomic E-state index is 13.5. The number of Topliss-reactive ketones (excluding diaryl/α,β-unsaturated/α-hetero) is 1. The van der Waals surface area contributed by atoms with Crippen molar-refractivity contribution in [1.82, 2.24) is 4.72 Å². The maximum absolute atomic E-state index is 13.5. The minimum Gasteiger partial charge on any atom is -0.298 e. The zero-order valence-corrected chi connectivity index (χ0v) is 18.5. The number of halogens is 1. The molecule has 1 aromatic carbocycles. The number of ketones is 1. The fourth-order valence-electron chi connectivity index (χ4n) is 6.96. The van der Waals surface area contributed by atoms with E-state index in [1.165, 1.54) is 38.5 Å². The van der Waals surface area contributed by atoms with Gasteiger partial charge < -0.3 is 0 Å². The Labute approximate surface area is 176 Å². The van der Waals surface area contributed by atoms with Crippen molar-refractivity contribution in [3.05, 3.63) is 28.7 Å². The average molecular weight is 466 g/mol. The van der Waals surface area contributed by atoms with Gasteiger partial charge in [0.2, 0.25) is 10.0 Å². The van der Waals surface area contributed by atoms with E-state index in [0.29, 0.717) is 23.7 Å². The van der Waals surface area contributed by atoms with Gasteiger partial charge in [0, 0.05) is 10.9 Å². The van der Waals surface area contributed by atoms with Crippen LogP contribution in [0.25, 0.3) is 0 Å². The first-order chi connectivity index (χ1) is 13.3. The maximum Gasteiger partial charge on any atom is 0.242 e. The summed E-state index contributed by atoms with van der Waals surface area (Å²) >= 11 is 3.34. The second kappa shape index (κ2) is 6.64. The fourth-order valence-corrected chi connectivity index (χ4v) is 9.41. The van der Waals surface area contributed by atoms with Gasteiger partial charge in [-0.2, -0.15) is 4.72 Å². The van der Waals surface area contributed by atoms with Gasteiger partial charge in [0.25, 0.3) is 0 Å². The highest BCUT2D eigenvalue weighted by molar-refractivity contribution is 9.10. The van der Waals surface area contributed by atoms with Crippen LogP contribution >= 0.6 is 15.9 Å². The molecular formula is C22H28BrNO3S. The zero-order valence-electron chi connectivity index (χ0n) is 16.1. The van der Waals surface area contributed by atoms with E-state index in [9.17, 15) is 13.2 Å². The van der Waals surface area contributed by atoms with Crippen molar-refractivity contribution in [2.24, 2.45) is 23.2 Å². The van der Waals surface area contributed by atoms with Crippen LogP contribution in [0, 0.1) is 23.2 Å². The molecule has 0 aliphatic heterocycles. The fraction of sp³-hybridized carbons (Fsp3) is 0.682. The van der Waals surface area contributed by atoms with Crippen LogP contribution in [0.5, 0.6) is 0 Å². The van der Waals surface area contributed by atoms with Crippen LogP contribution in [0.1, 0.15) is 64.2 Å². The number of benzene rings is 1. The molecule has 4 nitrogen and oxygen atoms in total. The molecule has 152 valence electrons. The van der Waals surface area contributed by atoms with Gasteiger partial charge in [-0.25, -0.2) is 8.42 Å². The monoisotopic (exact) mass is 465 g/mol. The summed E-state index contributed by atoms with van der Waals surface area (Å²) in [6, 6.07) is 6.81. The Morgan fingerprint density at radius 3 is 2.11 bits per heavy atom. The summed E-state index contributed by atoms with van der Waals surface area (Å²) in [6.07, 6.45) is 10.3. The van der Waals surface area contributed by atoms with Crippen molar-refractivity contribution in [2.45, 2.75) is 74.6 Å². The molecule has 5 aliphatic rings. The Hall–Kier alpha value is -0.720. The second-order valence-corrected chi connectivity index (χ2v) is 12.5. The number of carbonyl (C=O) groups is 1. The van der Waals surface area contributed by atoms with E-state index in [1.54, 1.807) is 24.3 Å². The second-order valence-electron chi connectivity index (χ2n) is 9.99. The van der Waals surface area contributed by atoms with Gasteiger partial charge in [0.1, 0.15) is 0 Å². The Bertz CT molecular complexity index is 871. The van der Waals surface area contributed by atoms with Gasteiger partial charge in [-0.05, 0) is 109 Å². The highest BCUT2D eigenvalue weighted by Gasteiger charge is 2.55. The molecular weight excluding hydrogens is 438 g/mol. The largest absolute Gasteiger partial charge is 0.298 e. The van der Waals surface area contributed by atoms with Crippen molar-refractivity contribution in [1.29, 1.82) is 0 Å². The van der Waals surface area contributed by atoms with E-state index < -0.39 is 15.6 Å². The zero-order chi connectivity index (χ0) is 19.6. The molecule has 6 heteroatoms. The normalized spacial score (nSPS) is 35.5. The summed E-state index contributed by atoms with van der Waals surface area (Å²) in [5, 5.41) is 0. The van der Waals surface area contributed by atoms with Crippen LogP contribution in [0.15, 0.2) is 33.6 Å². The highest BCUT2D eigenvalue weighted by Crippen LogP contribution is 2.62. The molecule has 0 atom stereocenters. The third-order valence-corrected chi connectivity index (χ3v) is 10.4. The summed E-state index contributed by atoms with van der Waals surface area (Å²) in [6.45, 7) is 0. The molecule has 0 heterocycles. The summed E-state index contributed by atoms with van der Waals surface area (Å²) in [7, 11) is -3.74. The van der Waals surface area contributed by atoms with Crippen LogP contribution in [-0.4, -0.2) is 19.7 Å². The Morgan fingerprint density at radius 2 is 1.61 bits per heavy atom. The predicted octanol–water partition coefficient (Wildman–Crippen LogP) is 4.83. The van der Waals surface area contributed by atoms with Crippen LogP contribution in [0.4, 0.5) is 0 Å². The first-order valence-electron chi connectivity index (χ1n) is 10.6. The van der Waals surface area contributed by atoms with Gasteiger partial charge >= 0.3 is 0 Å². The van der Waals surface area contributed by atoms with E-state index in [4.69, 9.17) is 0 Å². The third-order valence-electron chi connectivity index (χ3n) is 7.90. The molecule has 0 saturated heterocycles. The number of carbonyl (C=O) groups excluding carboxylic acids is 1. The van der Waals surface area contributed by atoms with Gasteiger partial charge in [0.15, 0.2) is 5.78 Å². The first-order valence-corrected chi connectivity index (χ1v) is 12.9. The highest BCUT2D eigenvalue weighted by atomic mass is 79.9. The lowest BCUT2D eigenvalue weighted by Gasteiger charge is -2.57. The van der Waals surface area contributed by atoms with Crippen molar-refractivity contribution in [2.75, 3.05) is 0 Å². The topological polar surface area (TPSA) is 63.2 Å². The number of sulfonamides is 1. The summed E-state index contributed by atoms with van der Waals surface area (Å²) in [5.41, 5.74) is -0.745. The van der Waals surface area contributed by atoms with Crippen molar-refractivity contribution in [3.8, 4) is 0 Å². The Kier molecular flexibility index (Phi) is 4.57. The van der Waals surface area contributed by atoms with Crippen molar-refractivity contribution in [3.63, 3.8) is 0 Å². The molecule has 0 amide bonds. The minimum atomic E-state index is -3.74. The molecule has 0 radical (unpaired) electrons. The van der Waals surface area contributed by atoms with Gasteiger partial charge in [-0.15, -0.1) is 0 Å². The Balaban J connectivity index is 1.37. The molecule has 0 aromatic heterocycles. The first kappa shape index (κ1) is 19.3. The smallest absolute Gasteiger partial charge is 0.242 e. The van der Waals surface area contributed by atoms with E-state index in [1.807, 2.05) is 0 Å². The third kappa shape index (κ3) is 3.20. The van der Waals surface area contributed by atoms with E-state index in [2.05, 4.69) is 20.7 Å². The van der Waals surface area contributed by atoms with Gasteiger partial charge in [0.05, 0.1) is 10.4 Å². The lowest BCUT2D eigenvalue weighted by atomic mass is 9.48. The quantitative estimate of drug-likeness (QED) is 0.654. The lowest BCUT2D eigenvalue weighted by Crippen LogP contribution is -2.60. The molecule has 28 heavy (non-hydrogen) atoms. The molecule has 4 bridgehead atoms. The molecule has 5 aliphatic carbocycles. The van der Waals surface area contributed by atoms with Crippen LogP contribution < -0.4 is 4.72 Å². The van der Waals surface area contributed by atoms with Gasteiger partial charge in [-0.1, -0.05) is 12.1 Å². The number of rotatable bonds is 6. The molecule has 0 spiro atoms. The van der Waals surface area contributed by atoms with E-state index >= 15 is 0 Å². The number of hydrogen-bond donors (Lipinski definition) is 1. The van der Waals surface area contributed by atoms with E-state index in [0.717, 1.165) is 24.2 Å². The van der Waals surface area contributed by atoms with Crippen LogP contribution in [-0.2, 0) is 14.8 Å². The molecule has 5 fully saturated rings. The molecule has 5 saturated carbocycles. The summed E-state index contributed by atoms with van der Waals surface area (Å²) in [4.78, 5) is 13.7. The minimum absolute atomic E-state index is 0.135. The SMILES string of the molecule is O=C(CC12CC3CC(CC(C3)C1)C2)C1(NS(=O)(=O)c2ccccc2Br)CCC1. The summed E-state index contributed by atoms with van der Waals surface area (Å²) < 4.78 is 29.4. The Morgan fingerprint density at radius 1 is 1.04 bits per heavy atom. The standard InChI is InChI=1S/C22H28BrNO3S/c23-18-4-1-2-5-19(18)28(26,27)24-22(6-3-7-22)20(25)14-21-11-15-8-16(12-21)10-17(9-15)13-21/h1-2,4-5,15-17,24H,3,6-14H2. The molecule has 1 aromatic rings. The number of nitrogens with one attached hydrogen (secondary N) is 1. The number of hydrogen-bond acceptors (Lipinski definition) is 3. The van der Waals surface area contributed by atoms with Crippen LogP contribution in [0.3, 0.4) is 0 Å². The van der Waals surface area contributed by atoms with Gasteiger partial charge in [-0.3, -0.25) is 4.79 Å². The van der Waals surface area contributed by atoms with Crippen molar-refractivity contribution >= 4 is 31.7 Å². The lowest BCUT2D eigenvalue weighted by molar-refractivity contribution is -0.136. The van der Waals surface area contributed by atoms with E-state index in [-0.39, 0.29) is 16.1 Å². The van der Waals surface area contributed by atoms with Crippen molar-refractivity contribution < 1.29 is 13.2 Å². The molecule has 0 unspecified atom stereocenters. The predicted molar refractivity (Wildman–Crippen MR) is 111 cm³/mol. The van der Waals surface area contributed by atoms with Crippen LogP contribution in [0.2, 0.25) is 0 Å².